The lowest BCUT2D eigenvalue weighted by Crippen LogP contribution is -2.43. The van der Waals surface area contributed by atoms with Crippen LogP contribution < -0.4 is 5.32 Å². The first-order chi connectivity index (χ1) is 9.63. The molecule has 0 atom stereocenters. The molecule has 4 heteroatoms. The van der Waals surface area contributed by atoms with Gasteiger partial charge in [0.2, 0.25) is 0 Å². The molecule has 0 aliphatic heterocycles. The van der Waals surface area contributed by atoms with E-state index in [4.69, 9.17) is 10.4 Å². The number of rotatable bonds is 5. The highest BCUT2D eigenvalue weighted by atomic mass is 16.4. The second kappa shape index (κ2) is 4.92. The minimum atomic E-state index is -0.682. The van der Waals surface area contributed by atoms with Crippen LogP contribution in [-0.4, -0.2) is 17.1 Å². The summed E-state index contributed by atoms with van der Waals surface area (Å²) in [6, 6.07) is 10.9. The zero-order valence-electron chi connectivity index (χ0n) is 11.3. The molecule has 0 aromatic heterocycles. The summed E-state index contributed by atoms with van der Waals surface area (Å²) >= 11 is 0. The Labute approximate surface area is 118 Å². The molecular weight excluding hydrogens is 252 g/mol. The average Bonchev–Trinajstić information content (AvgIpc) is 3.18. The van der Waals surface area contributed by atoms with E-state index in [1.165, 1.54) is 5.56 Å². The number of hydrogen-bond acceptors (Lipinski definition) is 3. The van der Waals surface area contributed by atoms with Crippen molar-refractivity contribution in [2.75, 3.05) is 0 Å². The molecule has 0 bridgehead atoms. The topological polar surface area (TPSA) is 73.1 Å². The Hall–Kier alpha value is -1.86. The highest BCUT2D eigenvalue weighted by Gasteiger charge is 2.44. The molecule has 0 unspecified atom stereocenters. The Morgan fingerprint density at radius 2 is 2.00 bits per heavy atom. The third kappa shape index (κ3) is 2.41. The van der Waals surface area contributed by atoms with Crippen LogP contribution in [0.3, 0.4) is 0 Å². The fourth-order valence-corrected chi connectivity index (χ4v) is 2.78. The molecule has 20 heavy (non-hydrogen) atoms. The average molecular weight is 270 g/mol. The van der Waals surface area contributed by atoms with Crippen LogP contribution in [0.4, 0.5) is 0 Å². The molecule has 0 spiro atoms. The van der Waals surface area contributed by atoms with Gasteiger partial charge in [-0.25, -0.2) is 0 Å². The molecule has 0 radical (unpaired) electrons. The monoisotopic (exact) mass is 270 g/mol. The van der Waals surface area contributed by atoms with Crippen LogP contribution in [0.5, 0.6) is 0 Å². The van der Waals surface area contributed by atoms with Crippen molar-refractivity contribution >= 4 is 5.97 Å². The van der Waals surface area contributed by atoms with E-state index in [0.717, 1.165) is 37.8 Å². The van der Waals surface area contributed by atoms with Gasteiger partial charge < -0.3 is 10.4 Å². The number of nitrogens with one attached hydrogen (secondary N) is 1. The largest absolute Gasteiger partial charge is 0.481 e. The summed E-state index contributed by atoms with van der Waals surface area (Å²) in [5.41, 5.74) is 2.09. The molecule has 104 valence electrons. The lowest BCUT2D eigenvalue weighted by Gasteiger charge is -2.33. The van der Waals surface area contributed by atoms with Gasteiger partial charge in [-0.1, -0.05) is 24.3 Å². The van der Waals surface area contributed by atoms with Gasteiger partial charge in [-0.3, -0.25) is 4.79 Å². The van der Waals surface area contributed by atoms with Crippen molar-refractivity contribution in [3.05, 3.63) is 35.4 Å². The van der Waals surface area contributed by atoms with Crippen LogP contribution in [0.15, 0.2) is 24.3 Å². The number of aliphatic carboxylic acids is 1. The molecule has 0 saturated heterocycles. The molecule has 2 N–H and O–H groups in total. The van der Waals surface area contributed by atoms with E-state index in [0.29, 0.717) is 6.04 Å². The molecular formula is C16H18N2O2. The van der Waals surface area contributed by atoms with E-state index >= 15 is 0 Å². The van der Waals surface area contributed by atoms with E-state index in [9.17, 15) is 4.79 Å². The second-order valence-corrected chi connectivity index (χ2v) is 5.98. The first kappa shape index (κ1) is 13.1. The second-order valence-electron chi connectivity index (χ2n) is 5.98. The van der Waals surface area contributed by atoms with E-state index in [-0.39, 0.29) is 11.3 Å². The minimum Gasteiger partial charge on any atom is -0.481 e. The van der Waals surface area contributed by atoms with Gasteiger partial charge in [0.25, 0.3) is 0 Å². The Kier molecular flexibility index (Phi) is 3.23. The van der Waals surface area contributed by atoms with Crippen molar-refractivity contribution in [3.8, 4) is 6.07 Å². The SMILES string of the molecule is N#CC1(c2ccc(CNC3CC(C(=O)O)C3)cc2)CC1. The smallest absolute Gasteiger partial charge is 0.306 e. The maximum absolute atomic E-state index is 10.7. The molecule has 1 aromatic rings. The number of carbonyl (C=O) groups is 1. The van der Waals surface area contributed by atoms with Crippen molar-refractivity contribution in [1.82, 2.24) is 5.32 Å². The van der Waals surface area contributed by atoms with Gasteiger partial charge in [0.15, 0.2) is 0 Å². The van der Waals surface area contributed by atoms with E-state index in [2.05, 4.69) is 23.5 Å². The standard InChI is InChI=1S/C16H18N2O2/c17-10-16(5-6-16)13-3-1-11(2-4-13)9-18-14-7-12(8-14)15(19)20/h1-4,12,14,18H,5-9H2,(H,19,20). The zero-order chi connectivity index (χ0) is 14.2. The van der Waals surface area contributed by atoms with Crippen LogP contribution in [0.2, 0.25) is 0 Å². The van der Waals surface area contributed by atoms with E-state index in [1.807, 2.05) is 12.1 Å². The first-order valence-corrected chi connectivity index (χ1v) is 7.10. The third-order valence-electron chi connectivity index (χ3n) is 4.55. The Morgan fingerprint density at radius 3 is 2.50 bits per heavy atom. The maximum atomic E-state index is 10.7. The normalized spacial score (nSPS) is 26.4. The molecule has 1 aromatic carbocycles. The number of carboxylic acids is 1. The van der Waals surface area contributed by atoms with Crippen molar-refractivity contribution in [3.63, 3.8) is 0 Å². The van der Waals surface area contributed by atoms with Gasteiger partial charge in [-0.05, 0) is 36.8 Å². The van der Waals surface area contributed by atoms with Crippen molar-refractivity contribution in [2.45, 2.75) is 43.7 Å². The fourth-order valence-electron chi connectivity index (χ4n) is 2.78. The van der Waals surface area contributed by atoms with Gasteiger partial charge in [0.1, 0.15) is 0 Å². The summed E-state index contributed by atoms with van der Waals surface area (Å²) in [7, 11) is 0. The van der Waals surface area contributed by atoms with Crippen molar-refractivity contribution in [2.24, 2.45) is 5.92 Å². The summed E-state index contributed by atoms with van der Waals surface area (Å²) in [5.74, 6) is -0.848. The number of benzene rings is 1. The highest BCUT2D eigenvalue weighted by Crippen LogP contribution is 2.47. The van der Waals surface area contributed by atoms with Crippen LogP contribution in [0.25, 0.3) is 0 Å². The third-order valence-corrected chi connectivity index (χ3v) is 4.55. The zero-order valence-corrected chi connectivity index (χ0v) is 11.3. The quantitative estimate of drug-likeness (QED) is 0.860. The number of hydrogen-bond donors (Lipinski definition) is 2. The molecule has 4 nitrogen and oxygen atoms in total. The molecule has 0 heterocycles. The van der Waals surface area contributed by atoms with E-state index in [1.54, 1.807) is 0 Å². The molecule has 2 fully saturated rings. The lowest BCUT2D eigenvalue weighted by atomic mass is 9.80. The molecule has 2 aliphatic carbocycles. The van der Waals surface area contributed by atoms with Crippen LogP contribution in [0, 0.1) is 17.2 Å². The van der Waals surface area contributed by atoms with Crippen molar-refractivity contribution < 1.29 is 9.90 Å². The number of carboxylic acid groups (broad SMARTS) is 1. The summed E-state index contributed by atoms with van der Waals surface area (Å²) in [6.07, 6.45) is 3.40. The summed E-state index contributed by atoms with van der Waals surface area (Å²) in [5, 5.41) is 21.4. The highest BCUT2D eigenvalue weighted by molar-refractivity contribution is 5.71. The van der Waals surface area contributed by atoms with Gasteiger partial charge in [0.05, 0.1) is 17.4 Å². The van der Waals surface area contributed by atoms with Gasteiger partial charge >= 0.3 is 5.97 Å². The predicted octanol–water partition coefficient (Wildman–Crippen LogP) is 2.19. The molecule has 2 aliphatic rings. The van der Waals surface area contributed by atoms with Crippen LogP contribution >= 0.6 is 0 Å². The van der Waals surface area contributed by atoms with Crippen LogP contribution in [0.1, 0.15) is 36.8 Å². The number of nitrogens with zero attached hydrogens (tertiary/aromatic N) is 1. The maximum Gasteiger partial charge on any atom is 0.306 e. The number of nitriles is 1. The van der Waals surface area contributed by atoms with Gasteiger partial charge in [-0.2, -0.15) is 5.26 Å². The Balaban J connectivity index is 1.50. The lowest BCUT2D eigenvalue weighted by molar-refractivity contribution is -0.145. The molecule has 0 amide bonds. The molecule has 2 saturated carbocycles. The summed E-state index contributed by atoms with van der Waals surface area (Å²) in [4.78, 5) is 10.7. The van der Waals surface area contributed by atoms with Crippen molar-refractivity contribution in [1.29, 1.82) is 5.26 Å². The summed E-state index contributed by atoms with van der Waals surface area (Å²) in [6.45, 7) is 0.761. The summed E-state index contributed by atoms with van der Waals surface area (Å²) < 4.78 is 0. The Morgan fingerprint density at radius 1 is 1.35 bits per heavy atom. The fraction of sp³-hybridized carbons (Fsp3) is 0.500. The van der Waals surface area contributed by atoms with Gasteiger partial charge in [0, 0.05) is 12.6 Å². The van der Waals surface area contributed by atoms with E-state index < -0.39 is 5.97 Å². The Bertz CT molecular complexity index is 549. The predicted molar refractivity (Wildman–Crippen MR) is 74.0 cm³/mol. The van der Waals surface area contributed by atoms with Crippen LogP contribution in [-0.2, 0) is 16.8 Å². The molecule has 3 rings (SSSR count). The minimum absolute atomic E-state index is 0.166. The van der Waals surface area contributed by atoms with Gasteiger partial charge in [-0.15, -0.1) is 0 Å². The first-order valence-electron chi connectivity index (χ1n) is 7.10.